The van der Waals surface area contributed by atoms with Gasteiger partial charge in [-0.25, -0.2) is 0 Å². The van der Waals surface area contributed by atoms with Crippen molar-refractivity contribution in [3.05, 3.63) is 270 Å². The number of benzene rings is 11. The third-order valence-corrected chi connectivity index (χ3v) is 16.4. The monoisotopic (exact) mass is 888 g/mol. The van der Waals surface area contributed by atoms with E-state index in [1.54, 1.807) is 0 Å². The van der Waals surface area contributed by atoms with Gasteiger partial charge in [0.15, 0.2) is 0 Å². The van der Waals surface area contributed by atoms with Crippen LogP contribution >= 0.6 is 0 Å². The Morgan fingerprint density at radius 2 is 0.824 bits per heavy atom. The lowest BCUT2D eigenvalue weighted by Gasteiger charge is -2.37. The molecule has 11 aromatic rings. The predicted octanol–water partition coefficient (Wildman–Crippen LogP) is 17.3. The highest BCUT2D eigenvalue weighted by Gasteiger charge is 2.49. The zero-order valence-corrected chi connectivity index (χ0v) is 40.0. The standard InChI is InChI=1S/C65H52N2Si/c1-45-25-17-22-38-58(45)66(48-30-13-7-14-31-48)50-41-42-55-56(43-50)51-34-18-20-36-53(51)63-62-54-37-21-19-35-52(54)60(67(49-32-15-8-16-33-49)59-39-23-24-40-61(59)68(2,3)4)44-57(62)65(64(55)63,46-26-9-5-10-27-46)47-28-11-6-12-29-47/h5-44H,1-4H3. The van der Waals surface area contributed by atoms with Gasteiger partial charge in [0.05, 0.1) is 19.2 Å². The number of hydrogen-bond acceptors (Lipinski definition) is 2. The van der Waals surface area contributed by atoms with Crippen molar-refractivity contribution in [1.29, 1.82) is 0 Å². The molecule has 0 bridgehead atoms. The minimum atomic E-state index is -1.85. The lowest BCUT2D eigenvalue weighted by Crippen LogP contribution is -2.40. The van der Waals surface area contributed by atoms with Crippen molar-refractivity contribution in [2.75, 3.05) is 9.80 Å². The molecule has 0 saturated heterocycles. The van der Waals surface area contributed by atoms with E-state index in [4.69, 9.17) is 0 Å². The molecule has 0 unspecified atom stereocenters. The SMILES string of the molecule is Cc1ccccc1N(c1ccccc1)c1ccc2c3c(c4ccccc4c2c1)-c1c(cc(N(c2ccccc2)c2ccccc2[Si](C)(C)C)c2ccccc12)C3(c1ccccc1)c1ccccc1. The Labute approximate surface area is 401 Å². The molecular formula is C65H52N2Si. The van der Waals surface area contributed by atoms with E-state index in [1.807, 2.05) is 0 Å². The Morgan fingerprint density at radius 1 is 0.338 bits per heavy atom. The molecule has 0 N–H and O–H groups in total. The first-order chi connectivity index (χ1) is 33.3. The number of anilines is 6. The molecule has 68 heavy (non-hydrogen) atoms. The largest absolute Gasteiger partial charge is 0.310 e. The van der Waals surface area contributed by atoms with E-state index in [0.29, 0.717) is 0 Å². The molecule has 0 aliphatic heterocycles. The summed E-state index contributed by atoms with van der Waals surface area (Å²) in [6.07, 6.45) is 0. The van der Waals surface area contributed by atoms with Crippen LogP contribution in [0.3, 0.4) is 0 Å². The van der Waals surface area contributed by atoms with Gasteiger partial charge in [-0.1, -0.05) is 208 Å². The molecular weight excluding hydrogens is 837 g/mol. The fourth-order valence-electron chi connectivity index (χ4n) is 11.5. The molecule has 11 aromatic carbocycles. The second-order valence-electron chi connectivity index (χ2n) is 19.3. The smallest absolute Gasteiger partial charge is 0.0803 e. The van der Waals surface area contributed by atoms with E-state index >= 15 is 0 Å². The topological polar surface area (TPSA) is 6.48 Å². The summed E-state index contributed by atoms with van der Waals surface area (Å²) in [6.45, 7) is 9.60. The van der Waals surface area contributed by atoms with Crippen LogP contribution in [0.1, 0.15) is 27.8 Å². The van der Waals surface area contributed by atoms with E-state index in [1.165, 1.54) is 87.8 Å². The molecule has 2 nitrogen and oxygen atoms in total. The Kier molecular flexibility index (Phi) is 10.0. The fraction of sp³-hybridized carbons (Fsp3) is 0.0769. The maximum Gasteiger partial charge on any atom is 0.0803 e. The molecule has 0 radical (unpaired) electrons. The van der Waals surface area contributed by atoms with Crippen molar-refractivity contribution < 1.29 is 0 Å². The van der Waals surface area contributed by atoms with Crippen molar-refractivity contribution in [1.82, 2.24) is 0 Å². The molecule has 0 atom stereocenters. The average molecular weight is 889 g/mol. The van der Waals surface area contributed by atoms with Gasteiger partial charge in [-0.05, 0) is 133 Å². The Bertz CT molecular complexity index is 3630. The van der Waals surface area contributed by atoms with Crippen LogP contribution < -0.4 is 15.0 Å². The van der Waals surface area contributed by atoms with Crippen LogP contribution in [-0.4, -0.2) is 8.07 Å². The summed E-state index contributed by atoms with van der Waals surface area (Å²) < 4.78 is 0. The number of rotatable bonds is 9. The first-order valence-electron chi connectivity index (χ1n) is 23.9. The van der Waals surface area contributed by atoms with Gasteiger partial charge in [-0.15, -0.1) is 0 Å². The van der Waals surface area contributed by atoms with Crippen LogP contribution in [0, 0.1) is 6.92 Å². The number of hydrogen-bond donors (Lipinski definition) is 0. The van der Waals surface area contributed by atoms with E-state index < -0.39 is 13.5 Å². The average Bonchev–Trinajstić information content (AvgIpc) is 3.70. The van der Waals surface area contributed by atoms with Crippen molar-refractivity contribution in [3.8, 4) is 11.1 Å². The van der Waals surface area contributed by atoms with E-state index in [9.17, 15) is 0 Å². The van der Waals surface area contributed by atoms with E-state index in [2.05, 4.69) is 279 Å². The molecule has 0 aromatic heterocycles. The molecule has 326 valence electrons. The molecule has 0 amide bonds. The summed E-state index contributed by atoms with van der Waals surface area (Å²) in [5.41, 5.74) is 15.2. The van der Waals surface area contributed by atoms with Gasteiger partial charge in [0, 0.05) is 33.8 Å². The van der Waals surface area contributed by atoms with Crippen LogP contribution in [0.5, 0.6) is 0 Å². The first kappa shape index (κ1) is 41.4. The molecule has 3 heteroatoms. The summed E-state index contributed by atoms with van der Waals surface area (Å²) in [7, 11) is -1.85. The molecule has 1 aliphatic carbocycles. The summed E-state index contributed by atoms with van der Waals surface area (Å²) in [5.74, 6) is 0. The van der Waals surface area contributed by atoms with Gasteiger partial charge in [0.2, 0.25) is 0 Å². The summed E-state index contributed by atoms with van der Waals surface area (Å²) in [6, 6.07) is 90.5. The summed E-state index contributed by atoms with van der Waals surface area (Å²) in [5, 5.41) is 8.88. The Balaban J connectivity index is 1.26. The van der Waals surface area contributed by atoms with Crippen LogP contribution in [0.15, 0.2) is 243 Å². The summed E-state index contributed by atoms with van der Waals surface area (Å²) in [4.78, 5) is 4.98. The maximum absolute atomic E-state index is 2.58. The zero-order chi connectivity index (χ0) is 46.0. The Morgan fingerprint density at radius 3 is 1.43 bits per heavy atom. The molecule has 0 heterocycles. The second-order valence-corrected chi connectivity index (χ2v) is 24.3. The lowest BCUT2D eigenvalue weighted by atomic mass is 9.66. The van der Waals surface area contributed by atoms with Crippen molar-refractivity contribution in [2.45, 2.75) is 32.0 Å². The third kappa shape index (κ3) is 6.45. The predicted molar refractivity (Wildman–Crippen MR) is 293 cm³/mol. The second kappa shape index (κ2) is 16.4. The lowest BCUT2D eigenvalue weighted by molar-refractivity contribution is 0.776. The minimum absolute atomic E-state index is 0.703. The number of fused-ring (bicyclic) bond motifs is 10. The Hall–Kier alpha value is -7.98. The van der Waals surface area contributed by atoms with Gasteiger partial charge < -0.3 is 9.80 Å². The normalized spacial score (nSPS) is 12.8. The maximum atomic E-state index is 2.58. The molecule has 0 spiro atoms. The number of nitrogens with zero attached hydrogens (tertiary/aromatic N) is 2. The van der Waals surface area contributed by atoms with Gasteiger partial charge in [-0.3, -0.25) is 0 Å². The highest BCUT2D eigenvalue weighted by Crippen LogP contribution is 2.63. The third-order valence-electron chi connectivity index (χ3n) is 14.3. The highest BCUT2D eigenvalue weighted by atomic mass is 28.3. The number of para-hydroxylation sites is 4. The van der Waals surface area contributed by atoms with E-state index in [0.717, 1.165) is 22.7 Å². The molecule has 1 aliphatic rings. The first-order valence-corrected chi connectivity index (χ1v) is 27.4. The van der Waals surface area contributed by atoms with Gasteiger partial charge in [0.25, 0.3) is 0 Å². The molecule has 12 rings (SSSR count). The van der Waals surface area contributed by atoms with Gasteiger partial charge >= 0.3 is 0 Å². The van der Waals surface area contributed by atoms with Crippen LogP contribution in [0.4, 0.5) is 34.1 Å². The molecule has 0 saturated carbocycles. The van der Waals surface area contributed by atoms with Crippen molar-refractivity contribution in [3.63, 3.8) is 0 Å². The fourth-order valence-corrected chi connectivity index (χ4v) is 13.0. The van der Waals surface area contributed by atoms with Gasteiger partial charge in [0.1, 0.15) is 0 Å². The van der Waals surface area contributed by atoms with Crippen LogP contribution in [0.25, 0.3) is 43.4 Å². The van der Waals surface area contributed by atoms with Crippen molar-refractivity contribution in [2.24, 2.45) is 0 Å². The quantitative estimate of drug-likeness (QED) is 0.105. The molecule has 0 fully saturated rings. The van der Waals surface area contributed by atoms with Crippen LogP contribution in [0.2, 0.25) is 19.6 Å². The van der Waals surface area contributed by atoms with Crippen LogP contribution in [-0.2, 0) is 5.41 Å². The van der Waals surface area contributed by atoms with Gasteiger partial charge in [-0.2, -0.15) is 0 Å². The summed E-state index contributed by atoms with van der Waals surface area (Å²) >= 11 is 0. The highest BCUT2D eigenvalue weighted by molar-refractivity contribution is 6.89. The zero-order valence-electron chi connectivity index (χ0n) is 39.0. The minimum Gasteiger partial charge on any atom is -0.310 e. The van der Waals surface area contributed by atoms with E-state index in [-0.39, 0.29) is 0 Å². The van der Waals surface area contributed by atoms with Crippen molar-refractivity contribution >= 4 is 79.7 Å². The number of aryl methyl sites for hydroxylation is 1.